The summed E-state index contributed by atoms with van der Waals surface area (Å²) in [5.41, 5.74) is 5.86. The highest BCUT2D eigenvalue weighted by atomic mass is 32.2. The molecule has 0 aromatic heterocycles. The van der Waals surface area contributed by atoms with Crippen LogP contribution in [0.3, 0.4) is 0 Å². The molecular weight excluding hydrogens is 230 g/mol. The summed E-state index contributed by atoms with van der Waals surface area (Å²) in [5.74, 6) is 0.380. The van der Waals surface area contributed by atoms with Gasteiger partial charge in [-0.3, -0.25) is 0 Å². The molecule has 0 aliphatic carbocycles. The van der Waals surface area contributed by atoms with Crippen LogP contribution < -0.4 is 10.5 Å². The first kappa shape index (κ1) is 13.9. The van der Waals surface area contributed by atoms with E-state index in [9.17, 15) is 8.42 Å². The zero-order chi connectivity index (χ0) is 12.2. The fourth-order valence-corrected chi connectivity index (χ4v) is 2.89. The average molecular weight is 251 g/mol. The largest absolute Gasteiger partial charge is 0.383 e. The molecular formula is C9H21N3O3S. The number of hydrogen-bond acceptors (Lipinski definition) is 4. The number of nitrogens with one attached hydrogen (secondary N) is 1. The molecule has 1 saturated heterocycles. The highest BCUT2D eigenvalue weighted by Gasteiger charge is 2.30. The Morgan fingerprint density at radius 1 is 1.56 bits per heavy atom. The fraction of sp³-hybridized carbons (Fsp3) is 1.00. The summed E-state index contributed by atoms with van der Waals surface area (Å²) in [6, 6.07) is -0.0762. The molecule has 0 radical (unpaired) electrons. The molecule has 1 rings (SSSR count). The van der Waals surface area contributed by atoms with Crippen LogP contribution in [0.25, 0.3) is 0 Å². The van der Waals surface area contributed by atoms with Crippen LogP contribution in [-0.2, 0) is 14.9 Å². The molecule has 0 aromatic carbocycles. The summed E-state index contributed by atoms with van der Waals surface area (Å²) in [6.07, 6.45) is 0.812. The molecule has 0 aromatic rings. The first-order valence-corrected chi connectivity index (χ1v) is 6.90. The van der Waals surface area contributed by atoms with Gasteiger partial charge < -0.3 is 10.5 Å². The molecule has 0 saturated carbocycles. The number of nitrogens with zero attached hydrogens (tertiary/aromatic N) is 1. The van der Waals surface area contributed by atoms with E-state index in [0.29, 0.717) is 32.2 Å². The van der Waals surface area contributed by atoms with E-state index in [1.807, 2.05) is 6.92 Å². The molecule has 2 atom stereocenters. The fourth-order valence-electron chi connectivity index (χ4n) is 1.65. The molecule has 0 amide bonds. The van der Waals surface area contributed by atoms with Crippen LogP contribution in [0.15, 0.2) is 0 Å². The lowest BCUT2D eigenvalue weighted by atomic mass is 9.96. The molecule has 3 N–H and O–H groups in total. The van der Waals surface area contributed by atoms with Gasteiger partial charge in [-0.05, 0) is 12.3 Å². The molecule has 0 bridgehead atoms. The second-order valence-corrected chi connectivity index (χ2v) is 5.94. The van der Waals surface area contributed by atoms with Crippen LogP contribution in [-0.4, -0.2) is 52.1 Å². The first-order valence-electron chi connectivity index (χ1n) is 5.46. The number of ether oxygens (including phenoxy) is 1. The molecule has 1 aliphatic rings. The summed E-state index contributed by atoms with van der Waals surface area (Å²) in [7, 11) is -1.85. The van der Waals surface area contributed by atoms with Gasteiger partial charge in [-0.2, -0.15) is 17.4 Å². The van der Waals surface area contributed by atoms with Crippen LogP contribution in [0.5, 0.6) is 0 Å². The van der Waals surface area contributed by atoms with E-state index in [1.54, 1.807) is 0 Å². The van der Waals surface area contributed by atoms with Crippen LogP contribution in [0, 0.1) is 5.92 Å². The van der Waals surface area contributed by atoms with Crippen molar-refractivity contribution < 1.29 is 13.2 Å². The van der Waals surface area contributed by atoms with E-state index in [2.05, 4.69) is 4.72 Å². The van der Waals surface area contributed by atoms with Crippen molar-refractivity contribution in [3.05, 3.63) is 0 Å². The molecule has 7 heteroatoms. The predicted octanol–water partition coefficient (Wildman–Crippen LogP) is -0.864. The van der Waals surface area contributed by atoms with E-state index >= 15 is 0 Å². The quantitative estimate of drug-likeness (QED) is 0.623. The predicted molar refractivity (Wildman–Crippen MR) is 62.1 cm³/mol. The average Bonchev–Trinajstić information content (AvgIpc) is 2.22. The lowest BCUT2D eigenvalue weighted by Crippen LogP contribution is -2.53. The minimum Gasteiger partial charge on any atom is -0.383 e. The maximum absolute atomic E-state index is 11.8. The van der Waals surface area contributed by atoms with Gasteiger partial charge in [-0.15, -0.1) is 0 Å². The lowest BCUT2D eigenvalue weighted by molar-refractivity contribution is 0.202. The summed E-state index contributed by atoms with van der Waals surface area (Å²) in [6.45, 7) is 3.64. The summed E-state index contributed by atoms with van der Waals surface area (Å²) in [4.78, 5) is 0. The number of piperidine rings is 1. The number of nitrogens with two attached hydrogens (primary N) is 1. The van der Waals surface area contributed by atoms with Crippen molar-refractivity contribution in [2.24, 2.45) is 11.7 Å². The Kier molecular flexibility index (Phi) is 5.13. The zero-order valence-corrected chi connectivity index (χ0v) is 10.7. The van der Waals surface area contributed by atoms with Gasteiger partial charge in [0.2, 0.25) is 0 Å². The van der Waals surface area contributed by atoms with Gasteiger partial charge in [0.05, 0.1) is 6.61 Å². The third kappa shape index (κ3) is 3.67. The maximum atomic E-state index is 11.8. The van der Waals surface area contributed by atoms with Crippen LogP contribution in [0.1, 0.15) is 13.3 Å². The van der Waals surface area contributed by atoms with Crippen LogP contribution in [0.2, 0.25) is 0 Å². The molecule has 2 unspecified atom stereocenters. The topological polar surface area (TPSA) is 84.7 Å². The third-order valence-corrected chi connectivity index (χ3v) is 4.49. The van der Waals surface area contributed by atoms with Gasteiger partial charge >= 0.3 is 0 Å². The number of hydrogen-bond donors (Lipinski definition) is 2. The van der Waals surface area contributed by atoms with Gasteiger partial charge in [-0.1, -0.05) is 6.92 Å². The van der Waals surface area contributed by atoms with E-state index in [-0.39, 0.29) is 6.04 Å². The van der Waals surface area contributed by atoms with Crippen molar-refractivity contribution in [3.8, 4) is 0 Å². The van der Waals surface area contributed by atoms with Crippen molar-refractivity contribution >= 4 is 10.2 Å². The zero-order valence-electron chi connectivity index (χ0n) is 9.85. The van der Waals surface area contributed by atoms with Gasteiger partial charge in [-0.25, -0.2) is 0 Å². The number of rotatable bonds is 5. The van der Waals surface area contributed by atoms with E-state index in [4.69, 9.17) is 10.5 Å². The smallest absolute Gasteiger partial charge is 0.279 e. The molecule has 1 aliphatic heterocycles. The molecule has 16 heavy (non-hydrogen) atoms. The normalized spacial score (nSPS) is 28.2. The lowest BCUT2D eigenvalue weighted by Gasteiger charge is -2.34. The van der Waals surface area contributed by atoms with Gasteiger partial charge in [0, 0.05) is 32.8 Å². The van der Waals surface area contributed by atoms with Crippen molar-refractivity contribution in [1.29, 1.82) is 0 Å². The highest BCUT2D eigenvalue weighted by Crippen LogP contribution is 2.17. The van der Waals surface area contributed by atoms with Crippen molar-refractivity contribution in [2.75, 3.05) is 33.4 Å². The van der Waals surface area contributed by atoms with E-state index < -0.39 is 10.2 Å². The first-order chi connectivity index (χ1) is 7.47. The van der Waals surface area contributed by atoms with Gasteiger partial charge in [0.25, 0.3) is 10.2 Å². The Hall–Kier alpha value is -0.210. The van der Waals surface area contributed by atoms with E-state index in [0.717, 1.165) is 6.42 Å². The summed E-state index contributed by atoms with van der Waals surface area (Å²) >= 11 is 0. The minimum atomic E-state index is -3.39. The molecule has 96 valence electrons. The van der Waals surface area contributed by atoms with Crippen LogP contribution >= 0.6 is 0 Å². The highest BCUT2D eigenvalue weighted by molar-refractivity contribution is 7.87. The summed E-state index contributed by atoms with van der Waals surface area (Å²) in [5, 5.41) is 0. The van der Waals surface area contributed by atoms with Gasteiger partial charge in [0.1, 0.15) is 0 Å². The Morgan fingerprint density at radius 3 is 2.81 bits per heavy atom. The van der Waals surface area contributed by atoms with Gasteiger partial charge in [0.15, 0.2) is 0 Å². The monoisotopic (exact) mass is 251 g/mol. The van der Waals surface area contributed by atoms with Crippen LogP contribution in [0.4, 0.5) is 0 Å². The molecule has 6 nitrogen and oxygen atoms in total. The molecule has 0 spiro atoms. The Balaban J connectivity index is 2.49. The summed E-state index contributed by atoms with van der Waals surface area (Å²) < 4.78 is 32.3. The van der Waals surface area contributed by atoms with Crippen molar-refractivity contribution in [1.82, 2.24) is 9.03 Å². The Labute approximate surface area is 97.3 Å². The minimum absolute atomic E-state index is 0.0762. The standard InChI is InChI=1S/C9H21N3O3S/c1-8-3-5-12(7-9(8)10)16(13,14)11-4-6-15-2/h8-9,11H,3-7,10H2,1-2H3. The molecule has 1 fully saturated rings. The van der Waals surface area contributed by atoms with E-state index in [1.165, 1.54) is 11.4 Å². The van der Waals surface area contributed by atoms with Crippen molar-refractivity contribution in [2.45, 2.75) is 19.4 Å². The second kappa shape index (κ2) is 5.92. The van der Waals surface area contributed by atoms with Crippen molar-refractivity contribution in [3.63, 3.8) is 0 Å². The maximum Gasteiger partial charge on any atom is 0.279 e. The Morgan fingerprint density at radius 2 is 2.25 bits per heavy atom. The number of methoxy groups -OCH3 is 1. The Bertz CT molecular complexity index is 307. The molecule has 1 heterocycles. The SMILES string of the molecule is COCCNS(=O)(=O)N1CCC(C)C(N)C1. The second-order valence-electron chi connectivity index (χ2n) is 4.18. The third-order valence-electron chi connectivity index (χ3n) is 2.91.